The number of halogens is 1. The fourth-order valence-corrected chi connectivity index (χ4v) is 5.77. The van der Waals surface area contributed by atoms with Crippen LogP contribution in [0, 0.1) is 11.7 Å². The number of benzene rings is 1. The summed E-state index contributed by atoms with van der Waals surface area (Å²) in [4.78, 5) is 0. The molecule has 4 rings (SSSR count). The first-order chi connectivity index (χ1) is 15.6. The third-order valence-electron chi connectivity index (χ3n) is 7.60. The minimum Gasteiger partial charge on any atom is -0.391 e. The Morgan fingerprint density at radius 2 is 1.79 bits per heavy atom. The number of nitrogens with one attached hydrogen (secondary N) is 1. The number of aliphatic hydroxyl groups excluding tert-OH is 2. The van der Waals surface area contributed by atoms with Gasteiger partial charge in [-0.1, -0.05) is 19.1 Å². The quantitative estimate of drug-likeness (QED) is 0.416. The standard InChI is InChI=1S/C24H36FNO7/c1-4-16-18(27)17(26-3)20-21(19(16)28)32-22-24(30,33-20)23(29,12-13(2)31-22)11-5-6-14-7-9-15(25)10-8-14/h7-10,13,16-22,26-30H,4-6,11-12H2,1-3H3/t13-,16-,17+,18+,19+,20-,21-,22+,23-,24-/m1/s1. The first kappa shape index (κ1) is 24.9. The van der Waals surface area contributed by atoms with Crippen molar-refractivity contribution in [2.75, 3.05) is 7.05 Å². The molecule has 9 heteroatoms. The number of fused-ring (bicyclic) bond motifs is 2. The van der Waals surface area contributed by atoms with E-state index in [-0.39, 0.29) is 18.7 Å². The Hall–Kier alpha value is -1.17. The molecule has 0 aromatic heterocycles. The van der Waals surface area contributed by atoms with Crippen molar-refractivity contribution in [2.45, 2.75) is 100 Å². The van der Waals surface area contributed by atoms with Crippen molar-refractivity contribution in [2.24, 2.45) is 5.92 Å². The molecule has 1 aromatic rings. The van der Waals surface area contributed by atoms with Crippen LogP contribution >= 0.6 is 0 Å². The molecule has 8 nitrogen and oxygen atoms in total. The molecule has 0 spiro atoms. The topological polar surface area (TPSA) is 121 Å². The van der Waals surface area contributed by atoms with Crippen molar-refractivity contribution in [3.8, 4) is 0 Å². The molecule has 10 atom stereocenters. The Morgan fingerprint density at radius 3 is 2.42 bits per heavy atom. The summed E-state index contributed by atoms with van der Waals surface area (Å²) in [5, 5.41) is 48.0. The molecule has 33 heavy (non-hydrogen) atoms. The molecule has 1 saturated carbocycles. The zero-order valence-electron chi connectivity index (χ0n) is 19.4. The molecule has 2 heterocycles. The van der Waals surface area contributed by atoms with E-state index in [4.69, 9.17) is 14.2 Å². The van der Waals surface area contributed by atoms with Crippen molar-refractivity contribution in [3.63, 3.8) is 0 Å². The SMILES string of the molecule is CC[C@@H]1[C@H](O)[C@H](NC)[C@H]2O[C@]3(O)[C@H](O[C@@H]2[C@H]1O)O[C@H](C)C[C@]3(O)CCCc1ccc(F)cc1. The van der Waals surface area contributed by atoms with E-state index in [9.17, 15) is 24.8 Å². The van der Waals surface area contributed by atoms with E-state index in [1.165, 1.54) is 12.1 Å². The van der Waals surface area contributed by atoms with Gasteiger partial charge in [-0.3, -0.25) is 0 Å². The van der Waals surface area contributed by atoms with Crippen molar-refractivity contribution < 1.29 is 39.0 Å². The Kier molecular flexibility index (Phi) is 7.15. The molecule has 186 valence electrons. The molecular formula is C24H36FNO7. The number of aliphatic hydroxyl groups is 4. The van der Waals surface area contributed by atoms with Gasteiger partial charge in [0.15, 0.2) is 0 Å². The summed E-state index contributed by atoms with van der Waals surface area (Å²) in [6.45, 7) is 3.66. The summed E-state index contributed by atoms with van der Waals surface area (Å²) in [5.74, 6) is -2.93. The minimum atomic E-state index is -2.18. The van der Waals surface area contributed by atoms with E-state index in [1.807, 2.05) is 6.92 Å². The second-order valence-corrected chi connectivity index (χ2v) is 9.74. The Balaban J connectivity index is 1.56. The van der Waals surface area contributed by atoms with Gasteiger partial charge in [0, 0.05) is 12.3 Å². The fraction of sp³-hybridized carbons (Fsp3) is 0.750. The Bertz CT molecular complexity index is 813. The lowest BCUT2D eigenvalue weighted by Crippen LogP contribution is -2.78. The minimum absolute atomic E-state index is 0.122. The van der Waals surface area contributed by atoms with Gasteiger partial charge >= 0.3 is 0 Å². The maximum absolute atomic E-state index is 13.2. The van der Waals surface area contributed by atoms with Crippen molar-refractivity contribution in [1.29, 1.82) is 0 Å². The molecule has 5 N–H and O–H groups in total. The van der Waals surface area contributed by atoms with E-state index in [1.54, 1.807) is 26.1 Å². The number of ether oxygens (including phenoxy) is 3. The molecular weight excluding hydrogens is 433 g/mol. The van der Waals surface area contributed by atoms with Crippen LogP contribution in [0.1, 0.15) is 45.1 Å². The van der Waals surface area contributed by atoms with E-state index < -0.39 is 60.2 Å². The number of hydrogen-bond donors (Lipinski definition) is 5. The molecule has 0 amide bonds. The van der Waals surface area contributed by atoms with Gasteiger partial charge in [0.25, 0.3) is 0 Å². The van der Waals surface area contributed by atoms with Crippen molar-refractivity contribution >= 4 is 0 Å². The average molecular weight is 470 g/mol. The normalized spacial score (nSPS) is 45.3. The van der Waals surface area contributed by atoms with Crippen LogP contribution in [0.15, 0.2) is 24.3 Å². The van der Waals surface area contributed by atoms with Gasteiger partial charge in [0.2, 0.25) is 12.1 Å². The second-order valence-electron chi connectivity index (χ2n) is 9.74. The highest BCUT2D eigenvalue weighted by Gasteiger charge is 2.68. The first-order valence-electron chi connectivity index (χ1n) is 11.8. The van der Waals surface area contributed by atoms with Crippen LogP contribution in [-0.4, -0.2) is 81.7 Å². The van der Waals surface area contributed by atoms with Crippen LogP contribution in [0.3, 0.4) is 0 Å². The lowest BCUT2D eigenvalue weighted by atomic mass is 9.73. The highest BCUT2D eigenvalue weighted by atomic mass is 19.1. The molecule has 2 aliphatic heterocycles. The molecule has 1 aliphatic carbocycles. The number of hydrogen-bond acceptors (Lipinski definition) is 8. The molecule has 1 aromatic carbocycles. The third kappa shape index (κ3) is 4.34. The molecule has 2 saturated heterocycles. The monoisotopic (exact) mass is 469 g/mol. The Morgan fingerprint density at radius 1 is 1.09 bits per heavy atom. The third-order valence-corrected chi connectivity index (χ3v) is 7.60. The first-order valence-corrected chi connectivity index (χ1v) is 11.8. The largest absolute Gasteiger partial charge is 0.391 e. The van der Waals surface area contributed by atoms with E-state index in [0.717, 1.165) is 5.56 Å². The average Bonchev–Trinajstić information content (AvgIpc) is 2.76. The number of rotatable bonds is 6. The van der Waals surface area contributed by atoms with Crippen LogP contribution < -0.4 is 5.32 Å². The predicted molar refractivity (Wildman–Crippen MR) is 117 cm³/mol. The van der Waals surface area contributed by atoms with Gasteiger partial charge in [-0.25, -0.2) is 4.39 Å². The number of likely N-dealkylation sites (N-methyl/N-ethyl adjacent to an activating group) is 1. The van der Waals surface area contributed by atoms with E-state index >= 15 is 0 Å². The summed E-state index contributed by atoms with van der Waals surface area (Å²) in [5.41, 5.74) is -0.764. The van der Waals surface area contributed by atoms with Gasteiger partial charge in [0.1, 0.15) is 23.6 Å². The van der Waals surface area contributed by atoms with Gasteiger partial charge in [-0.2, -0.15) is 0 Å². The lowest BCUT2D eigenvalue weighted by Gasteiger charge is -2.60. The van der Waals surface area contributed by atoms with Crippen molar-refractivity contribution in [1.82, 2.24) is 5.32 Å². The highest BCUT2D eigenvalue weighted by molar-refractivity contribution is 5.16. The zero-order chi connectivity index (χ0) is 24.0. The maximum Gasteiger partial charge on any atom is 0.248 e. The van der Waals surface area contributed by atoms with E-state index in [2.05, 4.69) is 5.32 Å². The Labute approximate surface area is 193 Å². The summed E-state index contributed by atoms with van der Waals surface area (Å²) >= 11 is 0. The van der Waals surface area contributed by atoms with Crippen molar-refractivity contribution in [3.05, 3.63) is 35.6 Å². The van der Waals surface area contributed by atoms with E-state index in [0.29, 0.717) is 19.3 Å². The van der Waals surface area contributed by atoms with Gasteiger partial charge < -0.3 is 40.0 Å². The van der Waals surface area contributed by atoms with Gasteiger partial charge in [-0.15, -0.1) is 0 Å². The van der Waals surface area contributed by atoms with Crippen LogP contribution in [0.4, 0.5) is 4.39 Å². The summed E-state index contributed by atoms with van der Waals surface area (Å²) in [6, 6.07) is 5.56. The fourth-order valence-electron chi connectivity index (χ4n) is 5.77. The van der Waals surface area contributed by atoms with Crippen LogP contribution in [0.5, 0.6) is 0 Å². The molecule has 0 bridgehead atoms. The van der Waals surface area contributed by atoms with Gasteiger partial charge in [0.05, 0.1) is 24.4 Å². The highest BCUT2D eigenvalue weighted by Crippen LogP contribution is 2.49. The van der Waals surface area contributed by atoms with Gasteiger partial charge in [-0.05, 0) is 57.4 Å². The predicted octanol–water partition coefficient (Wildman–Crippen LogP) is 0.837. The number of aryl methyl sites for hydroxylation is 1. The zero-order valence-corrected chi connectivity index (χ0v) is 19.4. The summed E-state index contributed by atoms with van der Waals surface area (Å²) < 4.78 is 31.2. The molecule has 0 unspecified atom stereocenters. The summed E-state index contributed by atoms with van der Waals surface area (Å²) in [6.07, 6.45) is -3.44. The molecule has 3 fully saturated rings. The smallest absolute Gasteiger partial charge is 0.248 e. The lowest BCUT2D eigenvalue weighted by molar-refractivity contribution is -0.485. The molecule has 0 radical (unpaired) electrons. The summed E-state index contributed by atoms with van der Waals surface area (Å²) in [7, 11) is 1.67. The molecule has 3 aliphatic rings. The maximum atomic E-state index is 13.2. The second kappa shape index (κ2) is 9.47. The van der Waals surface area contributed by atoms with Crippen LogP contribution in [-0.2, 0) is 20.6 Å². The van der Waals surface area contributed by atoms with Crippen LogP contribution in [0.25, 0.3) is 0 Å². The van der Waals surface area contributed by atoms with Crippen LogP contribution in [0.2, 0.25) is 0 Å².